The van der Waals surface area contributed by atoms with E-state index in [9.17, 15) is 5.26 Å². The summed E-state index contributed by atoms with van der Waals surface area (Å²) in [5.41, 5.74) is 2.56. The van der Waals surface area contributed by atoms with Crippen LogP contribution in [0.25, 0.3) is 22.6 Å². The Labute approximate surface area is 235 Å². The molecule has 2 aromatic heterocycles. The summed E-state index contributed by atoms with van der Waals surface area (Å²) in [6, 6.07) is 20.4. The van der Waals surface area contributed by atoms with Gasteiger partial charge in [0.15, 0.2) is 16.8 Å². The van der Waals surface area contributed by atoms with Crippen LogP contribution in [0.2, 0.25) is 0 Å². The van der Waals surface area contributed by atoms with Gasteiger partial charge in [0, 0.05) is 41.8 Å². The zero-order chi connectivity index (χ0) is 26.6. The molecule has 1 saturated heterocycles. The van der Waals surface area contributed by atoms with E-state index in [2.05, 4.69) is 53.0 Å². The SMILES string of the molecule is COc1ccc(-c2nnc(SC[C@@H]3CN/C(=C(/C#N)c4nnc5n4CCCCC5)S3)n2-c2ccccc2)cc1. The predicted molar refractivity (Wildman–Crippen MR) is 154 cm³/mol. The topological polar surface area (TPSA) is 106 Å². The molecule has 4 heterocycles. The highest BCUT2D eigenvalue weighted by Gasteiger charge is 2.28. The minimum Gasteiger partial charge on any atom is -0.497 e. The molecule has 1 N–H and O–H groups in total. The highest BCUT2D eigenvalue weighted by molar-refractivity contribution is 8.06. The summed E-state index contributed by atoms with van der Waals surface area (Å²) >= 11 is 3.37. The first-order chi connectivity index (χ1) is 19.2. The molecule has 11 heteroatoms. The molecule has 6 rings (SSSR count). The normalized spacial score (nSPS) is 18.1. The molecule has 1 atom stereocenters. The lowest BCUT2D eigenvalue weighted by Crippen LogP contribution is -2.15. The quantitative estimate of drug-likeness (QED) is 0.250. The van der Waals surface area contributed by atoms with Crippen LogP contribution in [0.3, 0.4) is 0 Å². The van der Waals surface area contributed by atoms with E-state index < -0.39 is 0 Å². The van der Waals surface area contributed by atoms with Gasteiger partial charge in [0.2, 0.25) is 0 Å². The lowest BCUT2D eigenvalue weighted by molar-refractivity contribution is 0.415. The lowest BCUT2D eigenvalue weighted by atomic mass is 10.2. The molecular formula is C28H28N8OS2. The summed E-state index contributed by atoms with van der Waals surface area (Å²) in [6.07, 6.45) is 4.31. The fraction of sp³-hybridized carbons (Fsp3) is 0.321. The van der Waals surface area contributed by atoms with Crippen molar-refractivity contribution in [3.63, 3.8) is 0 Å². The second-order valence-electron chi connectivity index (χ2n) is 9.36. The minimum atomic E-state index is 0.269. The lowest BCUT2D eigenvalue weighted by Gasteiger charge is -2.12. The van der Waals surface area contributed by atoms with Crippen molar-refractivity contribution in [2.24, 2.45) is 0 Å². The van der Waals surface area contributed by atoms with Gasteiger partial charge < -0.3 is 14.6 Å². The number of methoxy groups -OCH3 is 1. The van der Waals surface area contributed by atoms with E-state index in [1.807, 2.05) is 42.5 Å². The third kappa shape index (κ3) is 5.27. The number of nitriles is 1. The summed E-state index contributed by atoms with van der Waals surface area (Å²) in [4.78, 5) is 0. The van der Waals surface area contributed by atoms with E-state index in [-0.39, 0.29) is 5.25 Å². The average Bonchev–Trinajstić information content (AvgIpc) is 3.68. The van der Waals surface area contributed by atoms with E-state index in [1.54, 1.807) is 30.6 Å². The Hall–Kier alpha value is -3.75. The number of aromatic nitrogens is 6. The molecule has 0 unspecified atom stereocenters. The fourth-order valence-corrected chi connectivity index (χ4v) is 7.11. The van der Waals surface area contributed by atoms with Gasteiger partial charge in [-0.25, -0.2) is 0 Å². The maximum absolute atomic E-state index is 10.1. The number of thioether (sulfide) groups is 2. The van der Waals surface area contributed by atoms with Crippen molar-refractivity contribution in [2.45, 2.75) is 42.6 Å². The molecular weight excluding hydrogens is 528 g/mol. The molecule has 0 aliphatic carbocycles. The first kappa shape index (κ1) is 25.5. The zero-order valence-electron chi connectivity index (χ0n) is 21.6. The molecule has 2 aromatic carbocycles. The monoisotopic (exact) mass is 556 g/mol. The third-order valence-corrected chi connectivity index (χ3v) is 9.39. The molecule has 2 aliphatic rings. The number of ether oxygens (including phenoxy) is 1. The Morgan fingerprint density at radius 1 is 1.08 bits per heavy atom. The Kier molecular flexibility index (Phi) is 7.56. The van der Waals surface area contributed by atoms with Crippen molar-refractivity contribution in [3.8, 4) is 28.9 Å². The molecule has 0 saturated carbocycles. The number of nitrogens with one attached hydrogen (secondary N) is 1. The number of benzene rings is 2. The van der Waals surface area contributed by atoms with Crippen LogP contribution < -0.4 is 10.1 Å². The number of fused-ring (bicyclic) bond motifs is 1. The van der Waals surface area contributed by atoms with Crippen LogP contribution in [-0.4, -0.2) is 54.2 Å². The first-order valence-corrected chi connectivity index (χ1v) is 14.9. The number of rotatable bonds is 7. The van der Waals surface area contributed by atoms with Crippen molar-refractivity contribution in [1.82, 2.24) is 34.8 Å². The van der Waals surface area contributed by atoms with Crippen molar-refractivity contribution < 1.29 is 4.74 Å². The van der Waals surface area contributed by atoms with Crippen LogP contribution >= 0.6 is 23.5 Å². The number of aryl methyl sites for hydroxylation is 1. The van der Waals surface area contributed by atoms with Gasteiger partial charge in [-0.15, -0.1) is 32.2 Å². The highest BCUT2D eigenvalue weighted by atomic mass is 32.2. The number of hydrogen-bond donors (Lipinski definition) is 1. The van der Waals surface area contributed by atoms with E-state index in [0.717, 1.165) is 76.9 Å². The number of nitrogens with zero attached hydrogens (tertiary/aromatic N) is 7. The van der Waals surface area contributed by atoms with Crippen LogP contribution in [0.5, 0.6) is 5.75 Å². The van der Waals surface area contributed by atoms with E-state index >= 15 is 0 Å². The summed E-state index contributed by atoms with van der Waals surface area (Å²) < 4.78 is 9.55. The highest BCUT2D eigenvalue weighted by Crippen LogP contribution is 2.36. The summed E-state index contributed by atoms with van der Waals surface area (Å²) in [7, 11) is 1.66. The van der Waals surface area contributed by atoms with Crippen molar-refractivity contribution in [3.05, 3.63) is 71.3 Å². The van der Waals surface area contributed by atoms with Crippen molar-refractivity contribution in [2.75, 3.05) is 19.4 Å². The maximum Gasteiger partial charge on any atom is 0.196 e. The van der Waals surface area contributed by atoms with Gasteiger partial charge in [-0.3, -0.25) is 4.57 Å². The summed E-state index contributed by atoms with van der Waals surface area (Å²) in [5, 5.41) is 33.4. The molecule has 198 valence electrons. The second kappa shape index (κ2) is 11.6. The number of hydrogen-bond acceptors (Lipinski definition) is 9. The van der Waals surface area contributed by atoms with Gasteiger partial charge in [0.1, 0.15) is 23.2 Å². The van der Waals surface area contributed by atoms with E-state index in [0.29, 0.717) is 11.4 Å². The van der Waals surface area contributed by atoms with Crippen LogP contribution in [0.15, 0.2) is 64.8 Å². The van der Waals surface area contributed by atoms with Crippen LogP contribution in [-0.2, 0) is 13.0 Å². The molecule has 2 aliphatic heterocycles. The molecule has 0 spiro atoms. The standard InChI is InChI=1S/C28H28N8OS2/c1-37-21-13-11-19(12-14-21)25-32-34-28(36(25)20-8-4-2-5-9-20)38-18-22-17-30-27(39-22)23(16-29)26-33-31-24-10-6-3-7-15-35(24)26/h2,4-5,8-9,11-14,22,30H,3,6-7,10,15,17-18H2,1H3/b27-23+/t22-/m0/s1. The Bertz CT molecular complexity index is 1520. The van der Waals surface area contributed by atoms with Crippen LogP contribution in [0.4, 0.5) is 0 Å². The minimum absolute atomic E-state index is 0.269. The van der Waals surface area contributed by atoms with Gasteiger partial charge >= 0.3 is 0 Å². The smallest absolute Gasteiger partial charge is 0.196 e. The van der Waals surface area contributed by atoms with Crippen LogP contribution in [0.1, 0.15) is 30.9 Å². The van der Waals surface area contributed by atoms with Crippen LogP contribution in [0, 0.1) is 11.3 Å². The van der Waals surface area contributed by atoms with Gasteiger partial charge in [-0.1, -0.05) is 36.4 Å². The third-order valence-electron chi connectivity index (χ3n) is 6.84. The Balaban J connectivity index is 1.22. The zero-order valence-corrected chi connectivity index (χ0v) is 23.2. The van der Waals surface area contributed by atoms with Gasteiger partial charge in [-0.2, -0.15) is 5.26 Å². The second-order valence-corrected chi connectivity index (χ2v) is 11.7. The summed E-state index contributed by atoms with van der Waals surface area (Å²) in [6.45, 7) is 1.63. The molecule has 0 amide bonds. The number of para-hydroxylation sites is 1. The molecule has 0 radical (unpaired) electrons. The van der Waals surface area contributed by atoms with E-state index in [1.165, 1.54) is 6.42 Å². The largest absolute Gasteiger partial charge is 0.497 e. The van der Waals surface area contributed by atoms with Crippen molar-refractivity contribution in [1.29, 1.82) is 5.26 Å². The van der Waals surface area contributed by atoms with Gasteiger partial charge in [0.25, 0.3) is 0 Å². The molecule has 39 heavy (non-hydrogen) atoms. The first-order valence-electron chi connectivity index (χ1n) is 13.0. The van der Waals surface area contributed by atoms with Gasteiger partial charge in [0.05, 0.1) is 12.1 Å². The maximum atomic E-state index is 10.1. The van der Waals surface area contributed by atoms with Gasteiger partial charge in [-0.05, 0) is 49.2 Å². The molecule has 4 aromatic rings. The predicted octanol–water partition coefficient (Wildman–Crippen LogP) is 4.95. The van der Waals surface area contributed by atoms with Crippen molar-refractivity contribution >= 4 is 29.1 Å². The molecule has 9 nitrogen and oxygen atoms in total. The van der Waals surface area contributed by atoms with E-state index in [4.69, 9.17) is 4.74 Å². The fourth-order valence-electron chi connectivity index (χ4n) is 4.84. The molecule has 1 fully saturated rings. The summed E-state index contributed by atoms with van der Waals surface area (Å²) in [5.74, 6) is 4.06. The average molecular weight is 557 g/mol. The molecule has 0 bridgehead atoms. The number of allylic oxidation sites excluding steroid dienone is 1. The Morgan fingerprint density at radius 3 is 2.72 bits per heavy atom. The Morgan fingerprint density at radius 2 is 1.92 bits per heavy atom.